The van der Waals surface area contributed by atoms with Crippen molar-refractivity contribution in [1.29, 1.82) is 0 Å². The average Bonchev–Trinajstić information content (AvgIpc) is 2.85. The van der Waals surface area contributed by atoms with Crippen LogP contribution in [0.3, 0.4) is 0 Å². The lowest BCUT2D eigenvalue weighted by molar-refractivity contribution is 0.0999. The average molecular weight is 520 g/mol. The van der Waals surface area contributed by atoms with Crippen LogP contribution >= 0.6 is 0 Å². The normalized spacial score (nSPS) is 21.1. The summed E-state index contributed by atoms with van der Waals surface area (Å²) in [4.78, 5) is 31.7. The number of hydrogen-bond acceptors (Lipinski definition) is 9. The second kappa shape index (κ2) is 10.8. The van der Waals surface area contributed by atoms with Crippen LogP contribution in [0.4, 0.5) is 17.5 Å². The van der Waals surface area contributed by atoms with E-state index in [0.29, 0.717) is 18.8 Å². The van der Waals surface area contributed by atoms with Crippen molar-refractivity contribution in [2.45, 2.75) is 61.9 Å². The number of carbonyl (C=O) groups excluding carboxylic acids is 1. The van der Waals surface area contributed by atoms with Crippen molar-refractivity contribution in [3.05, 3.63) is 34.1 Å². The number of nitrogens with zero attached hydrogens (tertiary/aromatic N) is 2. The Balaban J connectivity index is 1.65. The summed E-state index contributed by atoms with van der Waals surface area (Å²) in [5, 5.41) is 6.08. The second-order valence-electron chi connectivity index (χ2n) is 9.16. The molecule has 1 saturated carbocycles. The molecule has 1 aliphatic heterocycles. The van der Waals surface area contributed by atoms with Crippen LogP contribution in [0, 0.1) is 0 Å². The number of hydrogen-bond donors (Lipinski definition) is 5. The zero-order chi connectivity index (χ0) is 25.9. The molecular formula is C23H33N7O5S. The van der Waals surface area contributed by atoms with E-state index in [4.69, 9.17) is 16.2 Å². The van der Waals surface area contributed by atoms with Crippen LogP contribution < -0.4 is 32.4 Å². The molecule has 0 spiro atoms. The number of methoxy groups -OCH3 is 1. The van der Waals surface area contributed by atoms with E-state index in [1.165, 1.54) is 29.6 Å². The third-order valence-corrected chi connectivity index (χ3v) is 8.60. The Kier molecular flexibility index (Phi) is 7.81. The smallest absolute Gasteiger partial charge is 0.267 e. The van der Waals surface area contributed by atoms with Crippen molar-refractivity contribution in [2.75, 3.05) is 30.8 Å². The minimum atomic E-state index is -3.74. The number of aromatic amines is 1. The molecule has 196 valence electrons. The van der Waals surface area contributed by atoms with Gasteiger partial charge in [-0.2, -0.15) is 9.29 Å². The van der Waals surface area contributed by atoms with Crippen molar-refractivity contribution < 1.29 is 17.9 Å². The zero-order valence-electron chi connectivity index (χ0n) is 20.2. The number of amides is 1. The van der Waals surface area contributed by atoms with Gasteiger partial charge in [-0.25, -0.2) is 8.42 Å². The number of rotatable bonds is 8. The fraction of sp³-hybridized carbons (Fsp3) is 0.522. The van der Waals surface area contributed by atoms with Gasteiger partial charge in [0.15, 0.2) is 5.82 Å². The summed E-state index contributed by atoms with van der Waals surface area (Å²) < 4.78 is 33.2. The SMILES string of the molecule is COc1cc(Nc2nc(N[C@H]3CCCC[C@@H]3N)[nH]c(=O)c2C(N)=O)ccc1S(=O)(=O)N1CCCCC1. The number of aromatic nitrogens is 2. The van der Waals surface area contributed by atoms with Gasteiger partial charge in [0.25, 0.3) is 11.5 Å². The molecule has 0 bridgehead atoms. The summed E-state index contributed by atoms with van der Waals surface area (Å²) in [6.45, 7) is 0.926. The molecule has 1 amide bonds. The van der Waals surface area contributed by atoms with Crippen LogP contribution in [0.2, 0.25) is 0 Å². The largest absolute Gasteiger partial charge is 0.495 e. The third-order valence-electron chi connectivity index (χ3n) is 6.67. The number of anilines is 3. The van der Waals surface area contributed by atoms with Gasteiger partial charge in [0.2, 0.25) is 16.0 Å². The Morgan fingerprint density at radius 1 is 1.17 bits per heavy atom. The Hall–Kier alpha value is -3.16. The van der Waals surface area contributed by atoms with Gasteiger partial charge in [0, 0.05) is 36.9 Å². The number of nitrogens with two attached hydrogens (primary N) is 2. The van der Waals surface area contributed by atoms with Crippen molar-refractivity contribution >= 4 is 33.4 Å². The lowest BCUT2D eigenvalue weighted by atomic mass is 9.91. The predicted octanol–water partition coefficient (Wildman–Crippen LogP) is 1.48. The van der Waals surface area contributed by atoms with E-state index in [1.54, 1.807) is 0 Å². The highest BCUT2D eigenvalue weighted by Gasteiger charge is 2.29. The maximum Gasteiger partial charge on any atom is 0.267 e. The lowest BCUT2D eigenvalue weighted by Crippen LogP contribution is -2.43. The molecule has 1 aromatic carbocycles. The Morgan fingerprint density at radius 3 is 2.56 bits per heavy atom. The molecular weight excluding hydrogens is 486 g/mol. The first kappa shape index (κ1) is 25.9. The minimum Gasteiger partial charge on any atom is -0.495 e. The first-order valence-corrected chi connectivity index (χ1v) is 13.6. The maximum atomic E-state index is 13.2. The number of benzene rings is 1. The molecule has 1 aliphatic carbocycles. The molecule has 0 unspecified atom stereocenters. The quantitative estimate of drug-likeness (QED) is 0.344. The first-order chi connectivity index (χ1) is 17.2. The lowest BCUT2D eigenvalue weighted by Gasteiger charge is -2.29. The molecule has 2 atom stereocenters. The molecule has 36 heavy (non-hydrogen) atoms. The van der Waals surface area contributed by atoms with E-state index in [-0.39, 0.29) is 40.1 Å². The fourth-order valence-electron chi connectivity index (χ4n) is 4.71. The van der Waals surface area contributed by atoms with Crippen molar-refractivity contribution in [2.24, 2.45) is 11.5 Å². The molecule has 2 fully saturated rings. The van der Waals surface area contributed by atoms with E-state index < -0.39 is 21.5 Å². The molecule has 2 aliphatic rings. The molecule has 1 saturated heterocycles. The maximum absolute atomic E-state index is 13.2. The molecule has 2 aromatic rings. The molecule has 12 nitrogen and oxygen atoms in total. The van der Waals surface area contributed by atoms with Gasteiger partial charge in [0.05, 0.1) is 7.11 Å². The van der Waals surface area contributed by atoms with Gasteiger partial charge in [-0.15, -0.1) is 0 Å². The van der Waals surface area contributed by atoms with Crippen molar-refractivity contribution in [3.8, 4) is 5.75 Å². The van der Waals surface area contributed by atoms with Crippen LogP contribution in [0.15, 0.2) is 27.9 Å². The zero-order valence-corrected chi connectivity index (χ0v) is 21.1. The number of sulfonamides is 1. The molecule has 2 heterocycles. The monoisotopic (exact) mass is 519 g/mol. The van der Waals surface area contributed by atoms with Gasteiger partial charge < -0.3 is 26.8 Å². The molecule has 4 rings (SSSR count). The minimum absolute atomic E-state index is 0.0417. The number of piperidine rings is 1. The van der Waals surface area contributed by atoms with Crippen LogP contribution in [0.1, 0.15) is 55.3 Å². The van der Waals surface area contributed by atoms with Gasteiger partial charge in [-0.1, -0.05) is 19.3 Å². The molecule has 13 heteroatoms. The number of nitrogens with one attached hydrogen (secondary N) is 3. The van der Waals surface area contributed by atoms with E-state index in [2.05, 4.69) is 20.6 Å². The van der Waals surface area contributed by atoms with E-state index >= 15 is 0 Å². The van der Waals surface area contributed by atoms with E-state index in [9.17, 15) is 18.0 Å². The summed E-state index contributed by atoms with van der Waals surface area (Å²) in [6, 6.07) is 4.28. The Morgan fingerprint density at radius 2 is 1.89 bits per heavy atom. The van der Waals surface area contributed by atoms with Gasteiger partial charge >= 0.3 is 0 Å². The number of H-pyrrole nitrogens is 1. The standard InChI is InChI=1S/C23H33N7O5S/c1-35-17-13-14(9-10-18(17)36(33,34)30-11-5-2-6-12-30)26-21-19(20(25)31)22(32)29-23(28-21)27-16-8-4-3-7-15(16)24/h9-10,13,15-16H,2-8,11-12,24H2,1H3,(H2,25,31)(H3,26,27,28,29,32)/t15-,16-/m0/s1. The number of ether oxygens (including phenoxy) is 1. The highest BCUT2D eigenvalue weighted by molar-refractivity contribution is 7.89. The van der Waals surface area contributed by atoms with Gasteiger partial charge in [-0.05, 0) is 37.8 Å². The Bertz CT molecular complexity index is 1270. The molecule has 1 aromatic heterocycles. The molecule has 7 N–H and O–H groups in total. The summed E-state index contributed by atoms with van der Waals surface area (Å²) >= 11 is 0. The van der Waals surface area contributed by atoms with E-state index in [1.807, 2.05) is 0 Å². The highest BCUT2D eigenvalue weighted by Crippen LogP contribution is 2.32. The summed E-state index contributed by atoms with van der Waals surface area (Å²) in [5.74, 6) is -0.732. The summed E-state index contributed by atoms with van der Waals surface area (Å²) in [5.41, 5.74) is 11.0. The number of primary amides is 1. The summed E-state index contributed by atoms with van der Waals surface area (Å²) in [7, 11) is -2.36. The first-order valence-electron chi connectivity index (χ1n) is 12.1. The van der Waals surface area contributed by atoms with Crippen LogP contribution in [-0.2, 0) is 10.0 Å². The van der Waals surface area contributed by atoms with Crippen molar-refractivity contribution in [1.82, 2.24) is 14.3 Å². The molecule has 0 radical (unpaired) electrons. The predicted molar refractivity (Wildman–Crippen MR) is 136 cm³/mol. The summed E-state index contributed by atoms with van der Waals surface area (Å²) in [6.07, 6.45) is 6.37. The Labute approximate surface area is 209 Å². The van der Waals surface area contributed by atoms with Crippen LogP contribution in [-0.4, -0.2) is 60.9 Å². The van der Waals surface area contributed by atoms with Crippen LogP contribution in [0.25, 0.3) is 0 Å². The highest BCUT2D eigenvalue weighted by atomic mass is 32.2. The van der Waals surface area contributed by atoms with Gasteiger partial charge in [0.1, 0.15) is 16.2 Å². The topological polar surface area (TPSA) is 186 Å². The fourth-order valence-corrected chi connectivity index (χ4v) is 6.37. The van der Waals surface area contributed by atoms with Crippen molar-refractivity contribution in [3.63, 3.8) is 0 Å². The second-order valence-corrected chi connectivity index (χ2v) is 11.1. The third kappa shape index (κ3) is 5.47. The van der Waals surface area contributed by atoms with Gasteiger partial charge in [-0.3, -0.25) is 14.6 Å². The van der Waals surface area contributed by atoms with Crippen LogP contribution in [0.5, 0.6) is 5.75 Å². The van der Waals surface area contributed by atoms with E-state index in [0.717, 1.165) is 44.9 Å². The number of carbonyl (C=O) groups is 1.